The van der Waals surface area contributed by atoms with E-state index in [1.165, 1.54) is 0 Å². The molecule has 0 amide bonds. The van der Waals surface area contributed by atoms with Crippen LogP contribution in [0.15, 0.2) is 77.4 Å². The molecule has 0 N–H and O–H groups in total. The average Bonchev–Trinajstić information content (AvgIpc) is 3.08. The first-order valence-corrected chi connectivity index (χ1v) is 8.93. The molecule has 138 valence electrons. The van der Waals surface area contributed by atoms with Crippen molar-refractivity contribution in [2.45, 2.75) is 6.92 Å². The Labute approximate surface area is 161 Å². The third-order valence-corrected chi connectivity index (χ3v) is 4.37. The molecule has 0 radical (unpaired) electrons. The van der Waals surface area contributed by atoms with Gasteiger partial charge in [-0.15, -0.1) is 0 Å². The number of carbonyl (C=O) groups is 2. The summed E-state index contributed by atoms with van der Waals surface area (Å²) in [6, 6.07) is 20.4. The van der Waals surface area contributed by atoms with Gasteiger partial charge in [-0.2, -0.15) is 0 Å². The molecule has 4 rings (SSSR count). The smallest absolute Gasteiger partial charge is 0.363 e. The van der Waals surface area contributed by atoms with E-state index in [1.54, 1.807) is 37.3 Å². The fourth-order valence-corrected chi connectivity index (χ4v) is 3.02. The zero-order chi connectivity index (χ0) is 19.5. The second kappa shape index (κ2) is 7.48. The molecular weight excluding hydrogens is 354 g/mol. The summed E-state index contributed by atoms with van der Waals surface area (Å²) >= 11 is 0. The zero-order valence-electron chi connectivity index (χ0n) is 15.2. The van der Waals surface area contributed by atoms with Gasteiger partial charge in [0.15, 0.2) is 5.70 Å². The SMILES string of the molecule is CCOC(=O)c1ccc(/C=C2\N=C(c3cccc4ccccc34)OC2=O)cc1. The van der Waals surface area contributed by atoms with Gasteiger partial charge in [0.25, 0.3) is 0 Å². The van der Waals surface area contributed by atoms with E-state index in [1.807, 2.05) is 42.5 Å². The third kappa shape index (κ3) is 3.42. The normalized spacial score (nSPS) is 14.8. The fourth-order valence-electron chi connectivity index (χ4n) is 3.02. The number of nitrogens with zero attached hydrogens (tertiary/aromatic N) is 1. The predicted octanol–water partition coefficient (Wildman–Crippen LogP) is 4.36. The Balaban J connectivity index is 1.65. The average molecular weight is 371 g/mol. The topological polar surface area (TPSA) is 65.0 Å². The Bertz CT molecular complexity index is 1120. The van der Waals surface area contributed by atoms with Crippen LogP contribution in [-0.2, 0) is 14.3 Å². The first-order valence-electron chi connectivity index (χ1n) is 8.93. The zero-order valence-corrected chi connectivity index (χ0v) is 15.2. The lowest BCUT2D eigenvalue weighted by Gasteiger charge is -2.04. The van der Waals surface area contributed by atoms with Gasteiger partial charge >= 0.3 is 11.9 Å². The van der Waals surface area contributed by atoms with Gasteiger partial charge in [0.2, 0.25) is 5.90 Å². The molecule has 1 aliphatic heterocycles. The second-order valence-electron chi connectivity index (χ2n) is 6.21. The quantitative estimate of drug-likeness (QED) is 0.505. The van der Waals surface area contributed by atoms with Gasteiger partial charge in [0.05, 0.1) is 12.2 Å². The van der Waals surface area contributed by atoms with Crippen molar-refractivity contribution >= 4 is 34.7 Å². The molecule has 0 bridgehead atoms. The Kier molecular flexibility index (Phi) is 4.72. The lowest BCUT2D eigenvalue weighted by molar-refractivity contribution is -0.129. The van der Waals surface area contributed by atoms with Gasteiger partial charge in [0, 0.05) is 5.56 Å². The molecule has 0 unspecified atom stereocenters. The lowest BCUT2D eigenvalue weighted by atomic mass is 10.0. The molecule has 28 heavy (non-hydrogen) atoms. The maximum Gasteiger partial charge on any atom is 0.363 e. The maximum atomic E-state index is 12.3. The van der Waals surface area contributed by atoms with Crippen molar-refractivity contribution in [1.82, 2.24) is 0 Å². The molecule has 3 aromatic rings. The minimum atomic E-state index is -0.502. The molecule has 0 atom stereocenters. The van der Waals surface area contributed by atoms with E-state index >= 15 is 0 Å². The highest BCUT2D eigenvalue weighted by atomic mass is 16.6. The predicted molar refractivity (Wildman–Crippen MR) is 107 cm³/mol. The summed E-state index contributed by atoms with van der Waals surface area (Å²) in [6.45, 7) is 2.08. The standard InChI is InChI=1S/C23H17NO4/c1-2-27-22(25)17-12-10-15(11-13-17)14-20-23(26)28-21(24-20)19-9-5-7-16-6-3-4-8-18(16)19/h3-14H,2H2,1H3/b20-14-. The van der Waals surface area contributed by atoms with Gasteiger partial charge in [-0.1, -0.05) is 48.5 Å². The van der Waals surface area contributed by atoms with Gasteiger partial charge in [-0.05, 0) is 47.5 Å². The monoisotopic (exact) mass is 371 g/mol. The van der Waals surface area contributed by atoms with E-state index < -0.39 is 5.97 Å². The fraction of sp³-hybridized carbons (Fsp3) is 0.0870. The van der Waals surface area contributed by atoms with Crippen LogP contribution >= 0.6 is 0 Å². The number of aliphatic imine (C=N–C) groups is 1. The number of rotatable bonds is 4. The van der Waals surface area contributed by atoms with Gasteiger partial charge in [0.1, 0.15) is 0 Å². The molecule has 3 aromatic carbocycles. The molecular formula is C23H17NO4. The summed E-state index contributed by atoms with van der Waals surface area (Å²) < 4.78 is 10.4. The van der Waals surface area contributed by atoms with Crippen molar-refractivity contribution in [3.05, 3.63) is 89.1 Å². The highest BCUT2D eigenvalue weighted by Gasteiger charge is 2.25. The van der Waals surface area contributed by atoms with Crippen molar-refractivity contribution in [3.8, 4) is 0 Å². The molecule has 0 saturated heterocycles. The van der Waals surface area contributed by atoms with Gasteiger partial charge in [-0.3, -0.25) is 0 Å². The number of esters is 2. The van der Waals surface area contributed by atoms with Crippen LogP contribution in [0, 0.1) is 0 Å². The molecule has 1 heterocycles. The lowest BCUT2D eigenvalue weighted by Crippen LogP contribution is -2.06. The van der Waals surface area contributed by atoms with E-state index in [-0.39, 0.29) is 17.6 Å². The van der Waals surface area contributed by atoms with E-state index in [0.29, 0.717) is 12.2 Å². The van der Waals surface area contributed by atoms with Crippen molar-refractivity contribution in [1.29, 1.82) is 0 Å². The molecule has 0 fully saturated rings. The van der Waals surface area contributed by atoms with Crippen LogP contribution in [0.5, 0.6) is 0 Å². The van der Waals surface area contributed by atoms with Crippen LogP contribution in [0.25, 0.3) is 16.8 Å². The molecule has 0 aromatic heterocycles. The number of ether oxygens (including phenoxy) is 2. The first kappa shape index (κ1) is 17.7. The van der Waals surface area contributed by atoms with Crippen LogP contribution < -0.4 is 0 Å². The van der Waals surface area contributed by atoms with Crippen LogP contribution in [0.4, 0.5) is 0 Å². The van der Waals surface area contributed by atoms with E-state index in [2.05, 4.69) is 4.99 Å². The van der Waals surface area contributed by atoms with Crippen molar-refractivity contribution < 1.29 is 19.1 Å². The van der Waals surface area contributed by atoms with Gasteiger partial charge in [-0.25, -0.2) is 14.6 Å². The van der Waals surface area contributed by atoms with Crippen molar-refractivity contribution in [2.24, 2.45) is 4.99 Å². The number of benzene rings is 3. The number of fused-ring (bicyclic) bond motifs is 1. The van der Waals surface area contributed by atoms with E-state index in [0.717, 1.165) is 21.9 Å². The van der Waals surface area contributed by atoms with E-state index in [4.69, 9.17) is 9.47 Å². The minimum Gasteiger partial charge on any atom is -0.462 e. The molecule has 0 spiro atoms. The maximum absolute atomic E-state index is 12.3. The number of carbonyl (C=O) groups excluding carboxylic acids is 2. The second-order valence-corrected chi connectivity index (χ2v) is 6.21. The summed E-state index contributed by atoms with van der Waals surface area (Å²) in [5.41, 5.74) is 2.18. The summed E-state index contributed by atoms with van der Waals surface area (Å²) in [5, 5.41) is 2.02. The third-order valence-electron chi connectivity index (χ3n) is 4.37. The Morgan fingerprint density at radius 2 is 1.79 bits per heavy atom. The number of cyclic esters (lactones) is 1. The minimum absolute atomic E-state index is 0.215. The summed E-state index contributed by atoms with van der Waals surface area (Å²) in [4.78, 5) is 28.4. The number of hydrogen-bond donors (Lipinski definition) is 0. The Morgan fingerprint density at radius 1 is 1.04 bits per heavy atom. The van der Waals surface area contributed by atoms with Crippen LogP contribution in [0.1, 0.15) is 28.4 Å². The highest BCUT2D eigenvalue weighted by molar-refractivity contribution is 6.17. The highest BCUT2D eigenvalue weighted by Crippen LogP contribution is 2.24. The number of hydrogen-bond acceptors (Lipinski definition) is 5. The molecule has 0 saturated carbocycles. The summed E-state index contributed by atoms with van der Waals surface area (Å²) in [6.07, 6.45) is 1.63. The largest absolute Gasteiger partial charge is 0.462 e. The van der Waals surface area contributed by atoms with Crippen molar-refractivity contribution in [3.63, 3.8) is 0 Å². The molecule has 5 nitrogen and oxygen atoms in total. The molecule has 1 aliphatic rings. The van der Waals surface area contributed by atoms with Crippen LogP contribution in [0.3, 0.4) is 0 Å². The van der Waals surface area contributed by atoms with E-state index in [9.17, 15) is 9.59 Å². The van der Waals surface area contributed by atoms with Crippen molar-refractivity contribution in [2.75, 3.05) is 6.61 Å². The van der Waals surface area contributed by atoms with Gasteiger partial charge < -0.3 is 9.47 Å². The van der Waals surface area contributed by atoms with Crippen LogP contribution in [0.2, 0.25) is 0 Å². The molecule has 0 aliphatic carbocycles. The summed E-state index contributed by atoms with van der Waals surface area (Å²) in [7, 11) is 0. The van der Waals surface area contributed by atoms with Crippen LogP contribution in [-0.4, -0.2) is 24.4 Å². The molecule has 5 heteroatoms. The Hall–Kier alpha value is -3.73. The first-order chi connectivity index (χ1) is 13.7. The Morgan fingerprint density at radius 3 is 2.57 bits per heavy atom. The summed E-state index contributed by atoms with van der Waals surface area (Å²) in [5.74, 6) is -0.591.